The lowest BCUT2D eigenvalue weighted by Gasteiger charge is -2.21. The van der Waals surface area contributed by atoms with Crippen molar-refractivity contribution >= 4 is 29.0 Å². The van der Waals surface area contributed by atoms with E-state index in [1.165, 1.54) is 0 Å². The summed E-state index contributed by atoms with van der Waals surface area (Å²) in [5.41, 5.74) is 8.55. The van der Waals surface area contributed by atoms with Crippen LogP contribution >= 0.6 is 0 Å². The molecule has 3 aromatic rings. The largest absolute Gasteiger partial charge is 0.497 e. The Morgan fingerprint density at radius 1 is 1.06 bits per heavy atom. The number of rotatable bonds is 9. The zero-order valence-corrected chi connectivity index (χ0v) is 19.5. The Morgan fingerprint density at radius 3 is 2.53 bits per heavy atom. The van der Waals surface area contributed by atoms with Crippen molar-refractivity contribution in [3.8, 4) is 5.75 Å². The third-order valence-corrected chi connectivity index (χ3v) is 5.13. The molecule has 0 bridgehead atoms. The number of pyridine rings is 1. The summed E-state index contributed by atoms with van der Waals surface area (Å²) >= 11 is 0. The monoisotopic (exact) mass is 462 g/mol. The van der Waals surface area contributed by atoms with Gasteiger partial charge >= 0.3 is 6.03 Å². The van der Waals surface area contributed by atoms with Crippen LogP contribution in [-0.4, -0.2) is 49.6 Å². The number of carbonyl (C=O) groups is 2. The van der Waals surface area contributed by atoms with E-state index in [2.05, 4.69) is 20.9 Å². The maximum absolute atomic E-state index is 12.7. The van der Waals surface area contributed by atoms with Gasteiger partial charge in [-0.05, 0) is 63.0 Å². The van der Waals surface area contributed by atoms with Crippen LogP contribution in [0.25, 0.3) is 0 Å². The number of nitrogen functional groups attached to an aromatic ring is 1. The molecule has 0 aliphatic rings. The molecule has 9 nitrogen and oxygen atoms in total. The van der Waals surface area contributed by atoms with Crippen molar-refractivity contribution in [2.24, 2.45) is 0 Å². The number of urea groups is 1. The van der Waals surface area contributed by atoms with Crippen molar-refractivity contribution in [1.82, 2.24) is 15.2 Å². The first-order chi connectivity index (χ1) is 16.4. The standard InChI is InChI=1S/C25H30N6O3/c1-31(2)14-13-21(30-25(33)28-18-7-6-8-19(15-18)34-3)17-11-12-23(27-16-17)24(32)29-22-10-5-4-9-20(22)26/h4-12,15-16,21H,13-14,26H2,1-3H3,(H,29,32)(H2,28,30,33). The normalized spacial score (nSPS) is 11.5. The first kappa shape index (κ1) is 24.5. The van der Waals surface area contributed by atoms with E-state index in [1.807, 2.05) is 19.0 Å². The second-order valence-corrected chi connectivity index (χ2v) is 7.99. The summed E-state index contributed by atoms with van der Waals surface area (Å²) in [5, 5.41) is 8.58. The molecule has 0 aliphatic carbocycles. The Hall–Kier alpha value is -4.11. The van der Waals surface area contributed by atoms with Gasteiger partial charge in [0.25, 0.3) is 5.91 Å². The SMILES string of the molecule is COc1cccc(NC(=O)NC(CCN(C)C)c2ccc(C(=O)Nc3ccccc3N)nc2)c1. The number of amides is 3. The minimum atomic E-state index is -0.363. The van der Waals surface area contributed by atoms with Gasteiger partial charge in [0.05, 0.1) is 24.5 Å². The van der Waals surface area contributed by atoms with Crippen molar-refractivity contribution in [2.45, 2.75) is 12.5 Å². The van der Waals surface area contributed by atoms with Crippen molar-refractivity contribution in [3.05, 3.63) is 78.1 Å². The molecule has 2 aromatic carbocycles. The highest BCUT2D eigenvalue weighted by molar-refractivity contribution is 6.04. The number of nitrogens with two attached hydrogens (primary N) is 1. The molecule has 0 saturated carbocycles. The van der Waals surface area contributed by atoms with E-state index in [9.17, 15) is 9.59 Å². The molecule has 0 saturated heterocycles. The highest BCUT2D eigenvalue weighted by Gasteiger charge is 2.17. The number of para-hydroxylation sites is 2. The summed E-state index contributed by atoms with van der Waals surface area (Å²) in [4.78, 5) is 31.6. The van der Waals surface area contributed by atoms with E-state index in [1.54, 1.807) is 74.0 Å². The lowest BCUT2D eigenvalue weighted by atomic mass is 10.1. The fourth-order valence-electron chi connectivity index (χ4n) is 3.28. The molecule has 0 radical (unpaired) electrons. The number of aromatic nitrogens is 1. The summed E-state index contributed by atoms with van der Waals surface area (Å²) in [6.45, 7) is 0.750. The predicted molar refractivity (Wildman–Crippen MR) is 134 cm³/mol. The fraction of sp³-hybridized carbons (Fsp3) is 0.240. The molecule has 9 heteroatoms. The van der Waals surface area contributed by atoms with Gasteiger partial charge in [-0.15, -0.1) is 0 Å². The summed E-state index contributed by atoms with van der Waals surface area (Å²) in [7, 11) is 5.50. The lowest BCUT2D eigenvalue weighted by Crippen LogP contribution is -2.34. The van der Waals surface area contributed by atoms with Gasteiger partial charge in [0.15, 0.2) is 0 Å². The molecule has 0 fully saturated rings. The van der Waals surface area contributed by atoms with E-state index in [4.69, 9.17) is 10.5 Å². The Balaban J connectivity index is 1.70. The molecule has 1 heterocycles. The molecular formula is C25H30N6O3. The number of hydrogen-bond acceptors (Lipinski definition) is 6. The van der Waals surface area contributed by atoms with E-state index in [-0.39, 0.29) is 23.7 Å². The van der Waals surface area contributed by atoms with Crippen LogP contribution < -0.4 is 26.4 Å². The number of hydrogen-bond donors (Lipinski definition) is 4. The third-order valence-electron chi connectivity index (χ3n) is 5.13. The van der Waals surface area contributed by atoms with Gasteiger partial charge < -0.3 is 31.3 Å². The van der Waals surface area contributed by atoms with Crippen LogP contribution in [0, 0.1) is 0 Å². The van der Waals surface area contributed by atoms with Gasteiger partial charge in [0.1, 0.15) is 11.4 Å². The lowest BCUT2D eigenvalue weighted by molar-refractivity contribution is 0.102. The van der Waals surface area contributed by atoms with E-state index >= 15 is 0 Å². The van der Waals surface area contributed by atoms with E-state index in [0.717, 1.165) is 12.1 Å². The molecule has 0 aliphatic heterocycles. The average molecular weight is 463 g/mol. The molecule has 3 rings (SSSR count). The number of benzene rings is 2. The Bertz CT molecular complexity index is 1120. The number of nitrogens with one attached hydrogen (secondary N) is 3. The number of ether oxygens (including phenoxy) is 1. The topological polar surface area (TPSA) is 122 Å². The van der Waals surface area contributed by atoms with Crippen LogP contribution in [0.15, 0.2) is 66.9 Å². The zero-order chi connectivity index (χ0) is 24.5. The molecular weight excluding hydrogens is 432 g/mol. The van der Waals surface area contributed by atoms with Gasteiger partial charge in [-0.25, -0.2) is 4.79 Å². The van der Waals surface area contributed by atoms with Gasteiger partial charge in [-0.3, -0.25) is 9.78 Å². The van der Waals surface area contributed by atoms with Gasteiger partial charge in [0, 0.05) is 18.0 Å². The van der Waals surface area contributed by atoms with Crippen LogP contribution in [0.4, 0.5) is 21.9 Å². The van der Waals surface area contributed by atoms with Gasteiger partial charge in [-0.2, -0.15) is 0 Å². The number of anilines is 3. The number of nitrogens with zero attached hydrogens (tertiary/aromatic N) is 2. The van der Waals surface area contributed by atoms with Crippen molar-refractivity contribution in [3.63, 3.8) is 0 Å². The Labute approximate surface area is 199 Å². The second kappa shape index (κ2) is 11.7. The van der Waals surface area contributed by atoms with Gasteiger partial charge in [-0.1, -0.05) is 24.3 Å². The summed E-state index contributed by atoms with van der Waals surface area (Å²) in [6.07, 6.45) is 2.27. The zero-order valence-electron chi connectivity index (χ0n) is 19.5. The summed E-state index contributed by atoms with van der Waals surface area (Å²) < 4.78 is 5.20. The summed E-state index contributed by atoms with van der Waals surface area (Å²) in [6, 6.07) is 16.9. The molecule has 34 heavy (non-hydrogen) atoms. The first-order valence-electron chi connectivity index (χ1n) is 10.8. The first-order valence-corrected chi connectivity index (χ1v) is 10.8. The highest BCUT2D eigenvalue weighted by Crippen LogP contribution is 2.21. The van der Waals surface area contributed by atoms with Crippen molar-refractivity contribution in [2.75, 3.05) is 44.1 Å². The Morgan fingerprint density at radius 2 is 1.85 bits per heavy atom. The van der Waals surface area contributed by atoms with Crippen LogP contribution in [0.2, 0.25) is 0 Å². The molecule has 1 atom stereocenters. The number of carbonyl (C=O) groups excluding carboxylic acids is 2. The van der Waals surface area contributed by atoms with E-state index in [0.29, 0.717) is 29.2 Å². The van der Waals surface area contributed by atoms with E-state index < -0.39 is 0 Å². The Kier molecular flexibility index (Phi) is 8.42. The maximum atomic E-state index is 12.7. The molecule has 178 valence electrons. The molecule has 3 amide bonds. The van der Waals surface area contributed by atoms with Gasteiger partial charge in [0.2, 0.25) is 0 Å². The number of methoxy groups -OCH3 is 1. The minimum absolute atomic E-state index is 0.249. The van der Waals surface area contributed by atoms with Crippen molar-refractivity contribution in [1.29, 1.82) is 0 Å². The van der Waals surface area contributed by atoms with Crippen LogP contribution in [0.1, 0.15) is 28.5 Å². The molecule has 1 aromatic heterocycles. The second-order valence-electron chi connectivity index (χ2n) is 7.99. The fourth-order valence-corrected chi connectivity index (χ4v) is 3.28. The van der Waals surface area contributed by atoms with Crippen LogP contribution in [0.5, 0.6) is 5.75 Å². The summed E-state index contributed by atoms with van der Waals surface area (Å²) in [5.74, 6) is 0.287. The average Bonchev–Trinajstić information content (AvgIpc) is 2.83. The quantitative estimate of drug-likeness (QED) is 0.360. The smallest absolute Gasteiger partial charge is 0.319 e. The molecule has 1 unspecified atom stereocenters. The maximum Gasteiger partial charge on any atom is 0.319 e. The van der Waals surface area contributed by atoms with Crippen LogP contribution in [0.3, 0.4) is 0 Å². The highest BCUT2D eigenvalue weighted by atomic mass is 16.5. The van der Waals surface area contributed by atoms with Crippen molar-refractivity contribution < 1.29 is 14.3 Å². The van der Waals surface area contributed by atoms with Crippen LogP contribution in [-0.2, 0) is 0 Å². The minimum Gasteiger partial charge on any atom is -0.497 e. The molecule has 5 N–H and O–H groups in total. The third kappa shape index (κ3) is 6.94. The molecule has 0 spiro atoms. The predicted octanol–water partition coefficient (Wildman–Crippen LogP) is 3.74.